The first kappa shape index (κ1) is 12.2. The van der Waals surface area contributed by atoms with Crippen LogP contribution < -0.4 is 15.2 Å². The Hall–Kier alpha value is -1.30. The lowest BCUT2D eigenvalue weighted by Gasteiger charge is -2.26. The molecule has 0 fully saturated rings. The van der Waals surface area contributed by atoms with Crippen LogP contribution in [-0.4, -0.2) is 43.7 Å². The topological polar surface area (TPSA) is 75.6 Å². The monoisotopic (exact) mass is 240 g/mol. The molecule has 1 aromatic carbocycles. The van der Waals surface area contributed by atoms with Crippen molar-refractivity contribution in [2.45, 2.75) is 12.2 Å². The summed E-state index contributed by atoms with van der Waals surface area (Å²) in [5, 5.41) is 9.29. The van der Waals surface area contributed by atoms with Crippen molar-refractivity contribution >= 4 is 0 Å². The van der Waals surface area contributed by atoms with Gasteiger partial charge in [0.25, 0.3) is 0 Å². The number of rotatable bonds is 5. The molecular weight excluding hydrogens is 222 g/mol. The second-order valence-corrected chi connectivity index (χ2v) is 3.98. The van der Waals surface area contributed by atoms with Crippen LogP contribution in [0.15, 0.2) is 24.3 Å². The molecule has 1 aliphatic heterocycles. The fraction of sp³-hybridized carbons (Fsp3) is 0.500. The summed E-state index contributed by atoms with van der Waals surface area (Å²) in [7, 11) is 0. The Bertz CT molecular complexity index is 358. The summed E-state index contributed by atoms with van der Waals surface area (Å²) in [5.74, 6) is 1.51. The van der Waals surface area contributed by atoms with Gasteiger partial charge in [0.05, 0.1) is 13.2 Å². The van der Waals surface area contributed by atoms with Gasteiger partial charge in [-0.25, -0.2) is 0 Å². The SMILES string of the molecule is [NH3+]C[C@@H](O)COC[C@@H]1COc2ccccc2O1. The number of para-hydroxylation sites is 2. The number of hydrogen-bond acceptors (Lipinski definition) is 4. The highest BCUT2D eigenvalue weighted by Crippen LogP contribution is 2.30. The van der Waals surface area contributed by atoms with Crippen molar-refractivity contribution in [1.29, 1.82) is 0 Å². The van der Waals surface area contributed by atoms with Gasteiger partial charge in [-0.1, -0.05) is 12.1 Å². The van der Waals surface area contributed by atoms with Gasteiger partial charge in [0.2, 0.25) is 0 Å². The lowest BCUT2D eigenvalue weighted by Crippen LogP contribution is -2.56. The molecular formula is C12H18NO4+. The Labute approximate surface area is 100 Å². The number of ether oxygens (including phenoxy) is 3. The summed E-state index contributed by atoms with van der Waals surface area (Å²) < 4.78 is 16.6. The zero-order valence-corrected chi connectivity index (χ0v) is 9.67. The molecule has 94 valence electrons. The highest BCUT2D eigenvalue weighted by molar-refractivity contribution is 5.40. The first-order valence-corrected chi connectivity index (χ1v) is 5.73. The predicted octanol–water partition coefficient (Wildman–Crippen LogP) is -0.554. The Kier molecular flexibility index (Phi) is 4.19. The van der Waals surface area contributed by atoms with Gasteiger partial charge < -0.3 is 25.1 Å². The molecule has 0 amide bonds. The van der Waals surface area contributed by atoms with Crippen molar-refractivity contribution in [3.05, 3.63) is 24.3 Å². The van der Waals surface area contributed by atoms with E-state index in [0.717, 1.165) is 11.5 Å². The van der Waals surface area contributed by atoms with Crippen LogP contribution in [0.2, 0.25) is 0 Å². The molecule has 0 saturated carbocycles. The fourth-order valence-electron chi connectivity index (χ4n) is 1.56. The number of benzene rings is 1. The van der Waals surface area contributed by atoms with E-state index in [4.69, 9.17) is 14.2 Å². The molecule has 0 saturated heterocycles. The highest BCUT2D eigenvalue weighted by Gasteiger charge is 2.20. The minimum atomic E-state index is -0.508. The van der Waals surface area contributed by atoms with Gasteiger partial charge in [-0.15, -0.1) is 0 Å². The van der Waals surface area contributed by atoms with E-state index in [1.807, 2.05) is 24.3 Å². The van der Waals surface area contributed by atoms with Crippen molar-refractivity contribution in [2.24, 2.45) is 0 Å². The third-order valence-corrected chi connectivity index (χ3v) is 2.51. The van der Waals surface area contributed by atoms with Gasteiger partial charge >= 0.3 is 0 Å². The van der Waals surface area contributed by atoms with Gasteiger partial charge in [-0.2, -0.15) is 0 Å². The molecule has 2 atom stereocenters. The van der Waals surface area contributed by atoms with E-state index < -0.39 is 6.10 Å². The Morgan fingerprint density at radius 3 is 2.94 bits per heavy atom. The molecule has 0 spiro atoms. The lowest BCUT2D eigenvalue weighted by atomic mass is 10.2. The Morgan fingerprint density at radius 1 is 1.41 bits per heavy atom. The average molecular weight is 240 g/mol. The molecule has 0 aromatic heterocycles. The molecule has 0 unspecified atom stereocenters. The average Bonchev–Trinajstić information content (AvgIpc) is 2.38. The third kappa shape index (κ3) is 3.33. The quantitative estimate of drug-likeness (QED) is 0.724. The van der Waals surface area contributed by atoms with Gasteiger partial charge in [0.1, 0.15) is 19.3 Å². The van der Waals surface area contributed by atoms with Gasteiger partial charge in [-0.3, -0.25) is 0 Å². The lowest BCUT2D eigenvalue weighted by molar-refractivity contribution is -0.385. The van der Waals surface area contributed by atoms with E-state index in [1.165, 1.54) is 0 Å². The smallest absolute Gasteiger partial charge is 0.161 e. The van der Waals surface area contributed by atoms with E-state index in [9.17, 15) is 5.11 Å². The first-order valence-electron chi connectivity index (χ1n) is 5.73. The molecule has 1 aromatic rings. The van der Waals surface area contributed by atoms with Gasteiger partial charge in [-0.05, 0) is 12.1 Å². The largest absolute Gasteiger partial charge is 0.486 e. The summed E-state index contributed by atoms with van der Waals surface area (Å²) in [6.45, 7) is 1.61. The maximum absolute atomic E-state index is 9.29. The van der Waals surface area contributed by atoms with Gasteiger partial charge in [0, 0.05) is 0 Å². The Balaban J connectivity index is 1.78. The van der Waals surface area contributed by atoms with Crippen molar-refractivity contribution in [1.82, 2.24) is 0 Å². The first-order chi connectivity index (χ1) is 8.29. The molecule has 1 heterocycles. The molecule has 17 heavy (non-hydrogen) atoms. The molecule has 4 N–H and O–H groups in total. The summed E-state index contributed by atoms with van der Waals surface area (Å²) >= 11 is 0. The number of fused-ring (bicyclic) bond motifs is 1. The van der Waals surface area contributed by atoms with E-state index in [-0.39, 0.29) is 12.7 Å². The van der Waals surface area contributed by atoms with Crippen LogP contribution in [-0.2, 0) is 4.74 Å². The van der Waals surface area contributed by atoms with Crippen LogP contribution in [0, 0.1) is 0 Å². The summed E-state index contributed by atoms with van der Waals surface area (Å²) in [6.07, 6.45) is -0.631. The number of hydrogen-bond donors (Lipinski definition) is 2. The van der Waals surface area contributed by atoms with Crippen LogP contribution in [0.3, 0.4) is 0 Å². The van der Waals surface area contributed by atoms with E-state index >= 15 is 0 Å². The second kappa shape index (κ2) is 5.86. The normalized spacial score (nSPS) is 20.0. The molecule has 0 bridgehead atoms. The minimum absolute atomic E-state index is 0.123. The zero-order valence-electron chi connectivity index (χ0n) is 9.67. The number of aliphatic hydroxyl groups is 1. The maximum atomic E-state index is 9.29. The molecule has 1 aliphatic rings. The van der Waals surface area contributed by atoms with Crippen molar-refractivity contribution in [2.75, 3.05) is 26.4 Å². The van der Waals surface area contributed by atoms with Crippen LogP contribution in [0.5, 0.6) is 11.5 Å². The fourth-order valence-corrected chi connectivity index (χ4v) is 1.56. The van der Waals surface area contributed by atoms with Crippen LogP contribution >= 0.6 is 0 Å². The van der Waals surface area contributed by atoms with E-state index in [1.54, 1.807) is 0 Å². The number of quaternary nitrogens is 1. The summed E-state index contributed by atoms with van der Waals surface area (Å²) in [6, 6.07) is 7.55. The molecule has 0 radical (unpaired) electrons. The zero-order chi connectivity index (χ0) is 12.1. The van der Waals surface area contributed by atoms with Gasteiger partial charge in [0.15, 0.2) is 17.6 Å². The highest BCUT2D eigenvalue weighted by atomic mass is 16.6. The molecule has 5 heteroatoms. The number of aliphatic hydroxyl groups excluding tert-OH is 1. The maximum Gasteiger partial charge on any atom is 0.161 e. The molecule has 0 aliphatic carbocycles. The Morgan fingerprint density at radius 2 is 2.18 bits per heavy atom. The van der Waals surface area contributed by atoms with Crippen molar-refractivity contribution in [3.8, 4) is 11.5 Å². The minimum Gasteiger partial charge on any atom is -0.486 e. The van der Waals surface area contributed by atoms with Crippen LogP contribution in [0.25, 0.3) is 0 Å². The van der Waals surface area contributed by atoms with Crippen molar-refractivity contribution in [3.63, 3.8) is 0 Å². The van der Waals surface area contributed by atoms with E-state index in [0.29, 0.717) is 19.8 Å². The molecule has 2 rings (SSSR count). The standard InChI is InChI=1S/C12H17NO4/c13-5-9(14)6-15-7-10-8-16-11-3-1-2-4-12(11)17-10/h1-4,9-10,14H,5-8,13H2/p+1/t9-,10-/m1/s1. The van der Waals surface area contributed by atoms with Crippen molar-refractivity contribution < 1.29 is 25.1 Å². The third-order valence-electron chi connectivity index (χ3n) is 2.51. The summed E-state index contributed by atoms with van der Waals surface area (Å²) in [5.41, 5.74) is 3.59. The predicted molar refractivity (Wildman–Crippen MR) is 60.9 cm³/mol. The van der Waals surface area contributed by atoms with Crippen LogP contribution in [0.1, 0.15) is 0 Å². The molecule has 5 nitrogen and oxygen atoms in total. The van der Waals surface area contributed by atoms with E-state index in [2.05, 4.69) is 5.73 Å². The second-order valence-electron chi connectivity index (χ2n) is 3.98. The van der Waals surface area contributed by atoms with Crippen LogP contribution in [0.4, 0.5) is 0 Å². The summed E-state index contributed by atoms with van der Waals surface area (Å²) in [4.78, 5) is 0.